The minimum Gasteiger partial charge on any atom is -0.472 e. The van der Waals surface area contributed by atoms with Crippen molar-refractivity contribution in [1.82, 2.24) is 0 Å². The average molecular weight is 459 g/mol. The maximum atomic E-state index is 14.2. The van der Waals surface area contributed by atoms with E-state index in [1.54, 1.807) is 19.6 Å². The third-order valence-electron chi connectivity index (χ3n) is 10.8. The molecular formula is C26H34O7. The SMILES string of the molecule is COC1(C)OC(C)(C)C2CC(=O)C3(C)C(CCC4(C)C(c5ccoc5)OC(=O)C5OC543)C21C. The Bertz CT molecular complexity index is 1050. The van der Waals surface area contributed by atoms with Gasteiger partial charge < -0.3 is 23.4 Å². The molecule has 0 aromatic carbocycles. The maximum absolute atomic E-state index is 14.2. The van der Waals surface area contributed by atoms with Crippen molar-refractivity contribution in [3.63, 3.8) is 0 Å². The number of methoxy groups -OCH3 is 1. The Kier molecular flexibility index (Phi) is 3.91. The van der Waals surface area contributed by atoms with Gasteiger partial charge in [-0.05, 0) is 52.5 Å². The molecule has 5 aliphatic rings. The summed E-state index contributed by atoms with van der Waals surface area (Å²) in [6.45, 7) is 12.5. The van der Waals surface area contributed by atoms with Crippen LogP contribution in [0.1, 0.15) is 72.5 Å². The van der Waals surface area contributed by atoms with Gasteiger partial charge in [0.25, 0.3) is 0 Å². The number of hydrogen-bond donors (Lipinski definition) is 0. The summed E-state index contributed by atoms with van der Waals surface area (Å²) in [7, 11) is 1.69. The molecule has 6 rings (SSSR count). The predicted octanol–water partition coefficient (Wildman–Crippen LogP) is 4.20. The van der Waals surface area contributed by atoms with E-state index in [2.05, 4.69) is 27.7 Å². The molecule has 9 atom stereocenters. The summed E-state index contributed by atoms with van der Waals surface area (Å²) in [6.07, 6.45) is 3.87. The number of epoxide rings is 1. The van der Waals surface area contributed by atoms with Crippen molar-refractivity contribution in [2.24, 2.45) is 28.1 Å². The van der Waals surface area contributed by atoms with Crippen LogP contribution in [0.3, 0.4) is 0 Å². The second kappa shape index (κ2) is 5.92. The van der Waals surface area contributed by atoms with E-state index in [0.717, 1.165) is 18.4 Å². The first-order valence-electron chi connectivity index (χ1n) is 12.0. The number of esters is 1. The third kappa shape index (κ3) is 2.07. The summed E-state index contributed by atoms with van der Waals surface area (Å²) in [5.41, 5.74) is -2.50. The molecule has 0 radical (unpaired) electrons. The van der Waals surface area contributed by atoms with E-state index in [1.165, 1.54) is 0 Å². The highest BCUT2D eigenvalue weighted by Crippen LogP contribution is 2.80. The molecule has 3 saturated heterocycles. The lowest BCUT2D eigenvalue weighted by Crippen LogP contribution is -2.72. The van der Waals surface area contributed by atoms with Crippen molar-refractivity contribution in [2.45, 2.75) is 90.0 Å². The monoisotopic (exact) mass is 458 g/mol. The lowest BCUT2D eigenvalue weighted by atomic mass is 9.37. The molecule has 3 aliphatic heterocycles. The number of Topliss-reactive ketones (excluding diaryl/α,β-unsaturated/α-hetero) is 1. The zero-order chi connectivity index (χ0) is 23.8. The molecule has 0 N–H and O–H groups in total. The zero-order valence-electron chi connectivity index (χ0n) is 20.5. The molecule has 1 spiro atoms. The molecule has 1 aromatic rings. The van der Waals surface area contributed by atoms with Gasteiger partial charge in [0, 0.05) is 35.8 Å². The van der Waals surface area contributed by atoms with Gasteiger partial charge in [-0.2, -0.15) is 0 Å². The van der Waals surface area contributed by atoms with E-state index in [-0.39, 0.29) is 17.6 Å². The second-order valence-electron chi connectivity index (χ2n) is 12.1. The van der Waals surface area contributed by atoms with Gasteiger partial charge in [0.05, 0.1) is 23.5 Å². The molecule has 2 saturated carbocycles. The number of carbonyl (C=O) groups excluding carboxylic acids is 2. The molecule has 7 heteroatoms. The van der Waals surface area contributed by atoms with Gasteiger partial charge >= 0.3 is 5.97 Å². The molecule has 4 heterocycles. The lowest BCUT2D eigenvalue weighted by Gasteiger charge is -2.65. The topological polar surface area (TPSA) is 87.5 Å². The molecule has 180 valence electrons. The van der Waals surface area contributed by atoms with Gasteiger partial charge in [0.1, 0.15) is 17.5 Å². The zero-order valence-corrected chi connectivity index (χ0v) is 20.5. The second-order valence-corrected chi connectivity index (χ2v) is 12.1. The summed E-state index contributed by atoms with van der Waals surface area (Å²) < 4.78 is 30.3. The molecule has 33 heavy (non-hydrogen) atoms. The first-order valence-corrected chi connectivity index (χ1v) is 12.0. The Hall–Kier alpha value is -1.70. The molecule has 0 amide bonds. The van der Waals surface area contributed by atoms with Crippen molar-refractivity contribution in [1.29, 1.82) is 0 Å². The Morgan fingerprint density at radius 3 is 2.39 bits per heavy atom. The molecule has 0 bridgehead atoms. The van der Waals surface area contributed by atoms with Crippen LogP contribution < -0.4 is 0 Å². The van der Waals surface area contributed by atoms with Gasteiger partial charge in [-0.15, -0.1) is 0 Å². The van der Waals surface area contributed by atoms with E-state index >= 15 is 0 Å². The fraction of sp³-hybridized carbons (Fsp3) is 0.769. The Morgan fingerprint density at radius 2 is 1.76 bits per heavy atom. The number of ketones is 1. The normalized spacial score (nSPS) is 54.0. The van der Waals surface area contributed by atoms with E-state index < -0.39 is 51.4 Å². The van der Waals surface area contributed by atoms with E-state index in [4.69, 9.17) is 23.4 Å². The largest absolute Gasteiger partial charge is 0.472 e. The van der Waals surface area contributed by atoms with Crippen LogP contribution in [0.2, 0.25) is 0 Å². The lowest BCUT2D eigenvalue weighted by molar-refractivity contribution is -0.285. The van der Waals surface area contributed by atoms with Gasteiger partial charge in [-0.1, -0.05) is 13.8 Å². The number of cyclic esters (lactones) is 1. The smallest absolute Gasteiger partial charge is 0.339 e. The van der Waals surface area contributed by atoms with Crippen LogP contribution in [-0.2, 0) is 28.5 Å². The Labute approximate surface area is 194 Å². The van der Waals surface area contributed by atoms with Crippen molar-refractivity contribution >= 4 is 11.8 Å². The summed E-state index contributed by atoms with van der Waals surface area (Å²) in [5.74, 6) is -1.17. The number of hydrogen-bond acceptors (Lipinski definition) is 7. The van der Waals surface area contributed by atoms with Crippen molar-refractivity contribution in [2.75, 3.05) is 7.11 Å². The van der Waals surface area contributed by atoms with E-state index in [0.29, 0.717) is 6.42 Å². The highest BCUT2D eigenvalue weighted by molar-refractivity contribution is 5.93. The molecular weight excluding hydrogens is 424 g/mol. The highest BCUT2D eigenvalue weighted by atomic mass is 16.7. The minimum atomic E-state index is -0.924. The number of ether oxygens (including phenoxy) is 4. The van der Waals surface area contributed by atoms with Gasteiger partial charge in [0.2, 0.25) is 0 Å². The van der Waals surface area contributed by atoms with Crippen LogP contribution in [0.4, 0.5) is 0 Å². The number of fused-ring (bicyclic) bond motifs is 3. The van der Waals surface area contributed by atoms with Gasteiger partial charge in [-0.25, -0.2) is 4.79 Å². The molecule has 5 fully saturated rings. The van der Waals surface area contributed by atoms with Crippen molar-refractivity contribution in [3.05, 3.63) is 24.2 Å². The van der Waals surface area contributed by atoms with Crippen LogP contribution in [0.25, 0.3) is 0 Å². The number of carbonyl (C=O) groups is 2. The fourth-order valence-corrected chi connectivity index (χ4v) is 9.16. The summed E-state index contributed by atoms with van der Waals surface area (Å²) in [4.78, 5) is 27.3. The predicted molar refractivity (Wildman–Crippen MR) is 116 cm³/mol. The van der Waals surface area contributed by atoms with Gasteiger partial charge in [-0.3, -0.25) is 4.79 Å². The Balaban J connectivity index is 1.54. The summed E-state index contributed by atoms with van der Waals surface area (Å²) >= 11 is 0. The number of rotatable bonds is 2. The molecule has 2 aliphatic carbocycles. The third-order valence-corrected chi connectivity index (χ3v) is 10.8. The van der Waals surface area contributed by atoms with E-state index in [1.807, 2.05) is 19.9 Å². The molecule has 9 unspecified atom stereocenters. The van der Waals surface area contributed by atoms with Crippen molar-refractivity contribution in [3.8, 4) is 0 Å². The Morgan fingerprint density at radius 1 is 1.03 bits per heavy atom. The average Bonchev–Trinajstić information content (AvgIpc) is 3.27. The van der Waals surface area contributed by atoms with Crippen LogP contribution >= 0.6 is 0 Å². The quantitative estimate of drug-likeness (QED) is 0.485. The van der Waals surface area contributed by atoms with E-state index in [9.17, 15) is 9.59 Å². The van der Waals surface area contributed by atoms with Gasteiger partial charge in [0.15, 0.2) is 11.9 Å². The fourth-order valence-electron chi connectivity index (χ4n) is 9.16. The number of furan rings is 1. The van der Waals surface area contributed by atoms with Crippen LogP contribution in [0, 0.1) is 28.1 Å². The summed E-state index contributed by atoms with van der Waals surface area (Å²) in [6, 6.07) is 1.84. The first-order chi connectivity index (χ1) is 15.3. The van der Waals surface area contributed by atoms with Crippen LogP contribution in [0.5, 0.6) is 0 Å². The van der Waals surface area contributed by atoms with Crippen molar-refractivity contribution < 1.29 is 33.0 Å². The van der Waals surface area contributed by atoms with Crippen LogP contribution in [0.15, 0.2) is 23.0 Å². The standard InChI is InChI=1S/C26H34O7/c1-21(2)16-12-17(27)24(5)15(23(16,4)25(6,29-7)33-21)8-10-22(3)18(14-9-11-30-13-14)31-20(28)19-26(22,24)32-19/h9,11,13,15-16,18-19H,8,10,12H2,1-7H3. The molecule has 7 nitrogen and oxygen atoms in total. The highest BCUT2D eigenvalue weighted by Gasteiger charge is 2.89. The first kappa shape index (κ1) is 21.8. The maximum Gasteiger partial charge on any atom is 0.339 e. The molecule has 1 aromatic heterocycles. The van der Waals surface area contributed by atoms with Crippen LogP contribution in [-0.4, -0.2) is 42.0 Å². The minimum absolute atomic E-state index is 0.00121. The summed E-state index contributed by atoms with van der Waals surface area (Å²) in [5, 5.41) is 0.